The standard InChI is InChI=1S/C32H33N2.C31H37N2.C26H29N2.C25H33N2.C20H25N2/c1-24-14-12-13-21-29(24)33-25(2)30-22-23-32(27-17-8-4-9-18-27,28-19-10-5-11-20-28)34(30)31(33)26-15-6-3-7-16-26;1-23-13-9-12-20-28(23)32-24(2)29-21-22-31(27-18-10-11-19-27,26-16-7-4-8-17-26)33(29)30(32)25-14-5-3-6-15-25;1-19-11-9-10-16-23(19)27-20(2)24-17-18-25(21-12-5-3-6-13-21)28(24)26(27)22-14-7-4-8-15-22;1-18-10-6-9-15-22(18)26-19(2)23-16-17-24(20-11-7-8-12-20)27(23)25(26)21-13-4-3-5-14-21;1-15-9-6-7-12-18(15)22-16(2)19-13-8-14-21(19)20(22)17-10-4-3-5-11-17/h4-5,8-14,17-23,26H,3,6-7,15-16H2,1-2H3;4,7-9,12-13,16-17,20-22,25,27H,3,5-6,10-11,14-15,18-19H2,1-2H3;3,5-6,9-13,16-18,22,25H,4,7-8,14-15H2,1-2H3;6,9-10,15-17,20-21,24H,3-5,7-8,11-14H2,1-2H3;6-9,12-13,17H,3-5,10-11,14H2,1-2H3/q5*+1/i;;25D;24D;14D2. The largest absolute Gasteiger partial charge is 0.266 e. The van der Waals surface area contributed by atoms with Crippen LogP contribution in [0.4, 0.5) is 0 Å². The topological polar surface area (TPSA) is 44.0 Å². The third-order valence-corrected chi connectivity index (χ3v) is 35.6. The fraction of sp³-hybridized carbons (Fsp3) is 0.410. The summed E-state index contributed by atoms with van der Waals surface area (Å²) in [5.41, 5.74) is 30.3. The molecule has 738 valence electrons. The van der Waals surface area contributed by atoms with Gasteiger partial charge >= 0.3 is 0 Å². The van der Waals surface area contributed by atoms with Crippen LogP contribution in [0.1, 0.15) is 395 Å². The molecule has 10 nitrogen and oxygen atoms in total. The van der Waals surface area contributed by atoms with Crippen LogP contribution in [0.3, 0.4) is 0 Å². The van der Waals surface area contributed by atoms with Crippen LogP contribution in [0.5, 0.6) is 0 Å². The predicted octanol–water partition coefficient (Wildman–Crippen LogP) is 31.3. The van der Waals surface area contributed by atoms with E-state index in [2.05, 4.69) is 383 Å². The van der Waals surface area contributed by atoms with Gasteiger partial charge in [0.05, 0.1) is 35.1 Å². The fourth-order valence-corrected chi connectivity index (χ4v) is 28.4. The molecule has 12 aliphatic rings. The van der Waals surface area contributed by atoms with E-state index in [9.17, 15) is 2.74 Å². The zero-order chi connectivity index (χ0) is 102. The Hall–Kier alpha value is -12.3. The molecule has 0 saturated heterocycles. The van der Waals surface area contributed by atoms with E-state index in [-0.39, 0.29) is 11.1 Å². The summed E-state index contributed by atoms with van der Waals surface area (Å²) < 4.78 is 60.9. The molecule has 0 radical (unpaired) electrons. The lowest BCUT2D eigenvalue weighted by Crippen LogP contribution is -2.61. The van der Waals surface area contributed by atoms with Gasteiger partial charge in [0.15, 0.2) is 68.0 Å². The van der Waals surface area contributed by atoms with E-state index in [1.165, 1.54) is 335 Å². The van der Waals surface area contributed by atoms with Gasteiger partial charge in [0.25, 0.3) is 29.1 Å². The lowest BCUT2D eigenvalue weighted by molar-refractivity contribution is -0.754. The lowest BCUT2D eigenvalue weighted by atomic mass is 9.76. The maximum atomic E-state index is 9.61. The Labute approximate surface area is 865 Å². The summed E-state index contributed by atoms with van der Waals surface area (Å²) in [5, 5.41) is 0. The summed E-state index contributed by atoms with van der Waals surface area (Å²) in [6.45, 7) is 20.9. The Balaban J connectivity index is 0.000000105. The second-order valence-electron chi connectivity index (χ2n) is 44.2. The Morgan fingerprint density at radius 2 is 0.583 bits per heavy atom. The Bertz CT molecular complexity index is 7270. The minimum absolute atomic E-state index is 0.0570. The van der Waals surface area contributed by atoms with Crippen molar-refractivity contribution in [3.05, 3.63) is 409 Å². The van der Waals surface area contributed by atoms with Crippen molar-refractivity contribution in [1.82, 2.24) is 22.8 Å². The minimum atomic E-state index is -1.43. The first-order valence-corrected chi connectivity index (χ1v) is 56.0. The van der Waals surface area contributed by atoms with Crippen molar-refractivity contribution in [2.24, 2.45) is 11.8 Å². The van der Waals surface area contributed by atoms with Crippen LogP contribution < -0.4 is 22.8 Å². The highest BCUT2D eigenvalue weighted by atomic mass is 15.3. The number of aryl methyl sites for hydroxylation is 5. The average molecular weight is 1910 g/mol. The first kappa shape index (κ1) is 91.6. The van der Waals surface area contributed by atoms with Gasteiger partial charge in [0, 0.05) is 68.7 Å². The molecule has 0 spiro atoms. The molecule has 3 unspecified atom stereocenters. The van der Waals surface area contributed by atoms with E-state index >= 15 is 0 Å². The molecular formula is C134H157N10+5. The first-order chi connectivity index (χ1) is 72.2. The number of rotatable bonds is 16. The van der Waals surface area contributed by atoms with E-state index in [0.717, 1.165) is 35.6 Å². The highest BCUT2D eigenvalue weighted by Crippen LogP contribution is 2.51. The zero-order valence-electron chi connectivity index (χ0n) is 91.7. The number of allylic oxidation sites excluding steroid dienone is 5. The summed E-state index contributed by atoms with van der Waals surface area (Å²) in [6.07, 6.45) is 64.7. The smallest absolute Gasteiger partial charge is 0.223 e. The van der Waals surface area contributed by atoms with Crippen LogP contribution in [-0.4, -0.2) is 22.8 Å². The van der Waals surface area contributed by atoms with Crippen molar-refractivity contribution in [1.29, 1.82) is 0 Å². The van der Waals surface area contributed by atoms with E-state index in [4.69, 9.17) is 2.74 Å². The number of para-hydroxylation sites is 5. The average Bonchev–Trinajstić information content (AvgIpc) is 1.54. The predicted molar refractivity (Wildman–Crippen MR) is 592 cm³/mol. The summed E-state index contributed by atoms with van der Waals surface area (Å²) in [6, 6.07) is 86.1. The summed E-state index contributed by atoms with van der Waals surface area (Å²) in [7, 11) is 0. The maximum absolute atomic E-state index is 9.61. The normalized spacial score (nSPS) is 22.0. The molecule has 10 heterocycles. The molecule has 7 saturated carbocycles. The zero-order valence-corrected chi connectivity index (χ0v) is 87.7. The van der Waals surface area contributed by atoms with Crippen LogP contribution in [0.2, 0.25) is 0 Å². The second kappa shape index (κ2) is 42.4. The van der Waals surface area contributed by atoms with E-state index in [0.29, 0.717) is 41.4 Å². The molecule has 0 N–H and O–H groups in total. The Morgan fingerprint density at radius 1 is 0.271 bits per heavy atom. The van der Waals surface area contributed by atoms with Crippen molar-refractivity contribution >= 4 is 30.4 Å². The van der Waals surface area contributed by atoms with E-state index < -0.39 is 18.5 Å². The maximum Gasteiger partial charge on any atom is 0.266 e. The van der Waals surface area contributed by atoms with Crippen LogP contribution >= 0.6 is 0 Å². The molecule has 9 aromatic carbocycles. The molecule has 0 amide bonds. The van der Waals surface area contributed by atoms with Crippen molar-refractivity contribution < 1.29 is 28.3 Å². The molecule has 3 atom stereocenters. The number of aromatic nitrogens is 10. The number of benzene rings is 9. The molecule has 7 aliphatic carbocycles. The summed E-state index contributed by atoms with van der Waals surface area (Å²) >= 11 is 0. The molecule has 5 aromatic heterocycles. The van der Waals surface area contributed by atoms with Gasteiger partial charge in [-0.15, -0.1) is 0 Å². The Kier molecular flexibility index (Phi) is 27.0. The van der Waals surface area contributed by atoms with E-state index in [1.54, 1.807) is 11.9 Å². The van der Waals surface area contributed by atoms with Gasteiger partial charge in [-0.3, -0.25) is 0 Å². The van der Waals surface area contributed by atoms with Crippen molar-refractivity contribution in [2.45, 2.75) is 340 Å². The summed E-state index contributed by atoms with van der Waals surface area (Å²) in [4.78, 5) is 0. The molecule has 0 bridgehead atoms. The molecule has 10 heteroatoms. The van der Waals surface area contributed by atoms with Gasteiger partial charge in [0.1, 0.15) is 47.0 Å². The first-order valence-electron chi connectivity index (χ1n) is 58.0. The molecule has 14 aromatic rings. The number of imidazole rings is 5. The molecule has 5 aliphatic heterocycles. The van der Waals surface area contributed by atoms with E-state index in [1.807, 2.05) is 28.8 Å². The van der Waals surface area contributed by atoms with Crippen molar-refractivity contribution in [3.63, 3.8) is 0 Å². The van der Waals surface area contributed by atoms with Gasteiger partial charge in [-0.25, -0.2) is 22.8 Å². The number of hydrogen-bond donors (Lipinski definition) is 0. The minimum Gasteiger partial charge on any atom is -0.223 e. The molecular weight excluding hydrogens is 1750 g/mol. The number of fused-ring (bicyclic) bond motifs is 5. The van der Waals surface area contributed by atoms with Gasteiger partial charge in [-0.05, 0) is 243 Å². The van der Waals surface area contributed by atoms with Crippen molar-refractivity contribution in [2.75, 3.05) is 0 Å². The molecule has 26 rings (SSSR count). The quantitative estimate of drug-likeness (QED) is 0.0866. The highest BCUT2D eigenvalue weighted by Gasteiger charge is 2.56. The Morgan fingerprint density at radius 3 is 1.01 bits per heavy atom. The third kappa shape index (κ3) is 17.7. The molecule has 144 heavy (non-hydrogen) atoms. The van der Waals surface area contributed by atoms with Gasteiger partial charge < -0.3 is 0 Å². The van der Waals surface area contributed by atoms with Crippen LogP contribution in [0.15, 0.2) is 273 Å². The second-order valence-corrected chi connectivity index (χ2v) is 44.2. The van der Waals surface area contributed by atoms with Gasteiger partial charge in [0.2, 0.25) is 0 Å². The van der Waals surface area contributed by atoms with Crippen LogP contribution in [-0.2, 0) is 17.6 Å². The number of hydrogen-bond acceptors (Lipinski definition) is 0. The fourth-order valence-electron chi connectivity index (χ4n) is 28.4. The lowest BCUT2D eigenvalue weighted by Gasteiger charge is -2.35. The SMILES string of the molecule is Cc1ccccc1-n1c(C)c2[n+](c1C1CCCCC1)C(c1ccccc1)(C1CCCC1)C=C2.Cc1ccccc1-n1c(C)c2[n+](c1C1CCCCC1)C(c1ccccc1)(c1ccccc1)C=C2.[2H]C1(C2CCCC2)C=Cc2c(C)n(-c3ccccc3C)c(C3CCCCC3)[n+]21.[2H]C1([2H])C=Cc2c(C)n(-c3ccccc3C)c(C3CCCCC3)[n+]21.[2H]C1(c2ccccc2)C=Cc2c(C)n(-c3ccccc3C)c(C3CCCCC3)[n+]21. The summed E-state index contributed by atoms with van der Waals surface area (Å²) in [5.74, 6) is 10.6. The van der Waals surface area contributed by atoms with Crippen molar-refractivity contribution in [3.8, 4) is 28.4 Å². The van der Waals surface area contributed by atoms with Gasteiger partial charge in [-0.1, -0.05) is 334 Å². The van der Waals surface area contributed by atoms with Crippen LogP contribution in [0, 0.1) is 81.1 Å². The van der Waals surface area contributed by atoms with Crippen LogP contribution in [0.25, 0.3) is 58.8 Å². The molecule has 7 fully saturated rings. The monoisotopic (exact) mass is 1910 g/mol. The third-order valence-electron chi connectivity index (χ3n) is 35.6. The van der Waals surface area contributed by atoms with Gasteiger partial charge in [-0.2, -0.15) is 22.8 Å². The number of nitrogens with zero attached hydrogens (tertiary/aromatic N) is 10. The highest BCUT2D eigenvalue weighted by molar-refractivity contribution is 5.62.